The topological polar surface area (TPSA) is 72.0 Å². The molecule has 1 aromatic heterocycles. The molecule has 0 amide bonds. The maximum atomic E-state index is 11.2. The number of rotatable bonds is 2. The highest BCUT2D eigenvalue weighted by Gasteiger charge is 2.15. The molecule has 0 saturated carbocycles. The van der Waals surface area contributed by atoms with E-state index < -0.39 is 11.8 Å². The molecule has 0 fully saturated rings. The third kappa shape index (κ3) is 2.28. The number of fused-ring (bicyclic) bond motifs is 1. The zero-order chi connectivity index (χ0) is 14.3. The van der Waals surface area contributed by atoms with E-state index in [-0.39, 0.29) is 0 Å². The summed E-state index contributed by atoms with van der Waals surface area (Å²) in [5.74, 6) is -0.480. The van der Waals surface area contributed by atoms with Crippen molar-refractivity contribution in [2.45, 2.75) is 6.04 Å². The lowest BCUT2D eigenvalue weighted by Gasteiger charge is -2.14. The van der Waals surface area contributed by atoms with Gasteiger partial charge < -0.3 is 10.2 Å². The second-order valence-electron chi connectivity index (χ2n) is 4.39. The molecule has 0 aliphatic rings. The van der Waals surface area contributed by atoms with E-state index in [1.54, 1.807) is 12.1 Å². The monoisotopic (exact) mass is 352 g/mol. The van der Waals surface area contributed by atoms with Crippen molar-refractivity contribution >= 4 is 38.6 Å². The predicted octanol–water partition coefficient (Wildman–Crippen LogP) is 3.59. The van der Waals surface area contributed by atoms with Crippen LogP contribution in [0.4, 0.5) is 0 Å². The van der Waals surface area contributed by atoms with Gasteiger partial charge in [0.25, 0.3) is 0 Å². The van der Waals surface area contributed by atoms with Crippen molar-refractivity contribution in [3.63, 3.8) is 0 Å². The summed E-state index contributed by atoms with van der Waals surface area (Å²) < 4.78 is 5.83. The van der Waals surface area contributed by atoms with E-state index in [0.29, 0.717) is 16.1 Å². The summed E-state index contributed by atoms with van der Waals surface area (Å²) in [6.45, 7) is 0. The van der Waals surface area contributed by atoms with Crippen LogP contribution in [0.15, 0.2) is 50.1 Å². The van der Waals surface area contributed by atoms with Gasteiger partial charge in [0, 0.05) is 4.47 Å². The molecule has 102 valence electrons. The smallest absolute Gasteiger partial charge is 0.408 e. The largest absolute Gasteiger partial charge is 0.417 e. The van der Waals surface area contributed by atoms with Gasteiger partial charge in [0.15, 0.2) is 5.58 Å². The minimum atomic E-state index is -0.480. The van der Waals surface area contributed by atoms with Crippen LogP contribution in [-0.2, 0) is 0 Å². The number of aromatic nitrogens is 1. The number of hydrogen-bond donors (Lipinski definition) is 2. The average molecular weight is 354 g/mol. The highest BCUT2D eigenvalue weighted by atomic mass is 79.9. The summed E-state index contributed by atoms with van der Waals surface area (Å²) in [7, 11) is 0. The zero-order valence-electron chi connectivity index (χ0n) is 10.2. The molecule has 1 unspecified atom stereocenters. The van der Waals surface area contributed by atoms with Crippen molar-refractivity contribution in [2.24, 2.45) is 5.73 Å². The van der Waals surface area contributed by atoms with E-state index in [0.717, 1.165) is 15.6 Å². The van der Waals surface area contributed by atoms with Crippen molar-refractivity contribution in [1.82, 2.24) is 4.98 Å². The molecule has 0 spiro atoms. The van der Waals surface area contributed by atoms with Crippen LogP contribution in [0.2, 0.25) is 5.02 Å². The fourth-order valence-corrected chi connectivity index (χ4v) is 2.72. The summed E-state index contributed by atoms with van der Waals surface area (Å²) in [5.41, 5.74) is 9.00. The second-order valence-corrected chi connectivity index (χ2v) is 5.62. The number of nitrogens with two attached hydrogens (primary N) is 1. The summed E-state index contributed by atoms with van der Waals surface area (Å²) in [6.07, 6.45) is 0. The maximum absolute atomic E-state index is 11.2. The molecule has 3 rings (SSSR count). The van der Waals surface area contributed by atoms with Crippen LogP contribution >= 0.6 is 27.5 Å². The van der Waals surface area contributed by atoms with Gasteiger partial charge in [0.2, 0.25) is 0 Å². The number of nitrogens with one attached hydrogen (secondary N) is 1. The Balaban J connectivity index is 2.09. The first-order chi connectivity index (χ1) is 9.56. The minimum absolute atomic E-state index is 0.399. The van der Waals surface area contributed by atoms with Crippen LogP contribution in [-0.4, -0.2) is 4.98 Å². The first kappa shape index (κ1) is 13.4. The molecule has 3 N–H and O–H groups in total. The standard InChI is InChI=1S/C14H10BrClN2O2/c15-9-3-1-2-8(12(9)16)13(17)7-4-5-10-11(6-7)20-14(19)18-10/h1-6,13H,17H2,(H,18,19). The predicted molar refractivity (Wildman–Crippen MR) is 82.0 cm³/mol. The van der Waals surface area contributed by atoms with Crippen molar-refractivity contribution in [2.75, 3.05) is 0 Å². The Labute approximate surface area is 127 Å². The maximum Gasteiger partial charge on any atom is 0.417 e. The number of halogens is 2. The Morgan fingerprint density at radius 1 is 1.30 bits per heavy atom. The van der Waals surface area contributed by atoms with E-state index in [1.165, 1.54) is 0 Å². The average Bonchev–Trinajstić information content (AvgIpc) is 2.80. The van der Waals surface area contributed by atoms with Crippen LogP contribution in [0.1, 0.15) is 17.2 Å². The summed E-state index contributed by atoms with van der Waals surface area (Å²) in [6, 6.07) is 10.6. The van der Waals surface area contributed by atoms with Gasteiger partial charge >= 0.3 is 5.76 Å². The number of aromatic amines is 1. The summed E-state index contributed by atoms with van der Waals surface area (Å²) in [5, 5.41) is 0.579. The minimum Gasteiger partial charge on any atom is -0.408 e. The highest BCUT2D eigenvalue weighted by molar-refractivity contribution is 9.10. The Morgan fingerprint density at radius 3 is 2.90 bits per heavy atom. The van der Waals surface area contributed by atoms with Gasteiger partial charge in [-0.3, -0.25) is 4.98 Å². The molecule has 0 aliphatic carbocycles. The number of oxazole rings is 1. The highest BCUT2D eigenvalue weighted by Crippen LogP contribution is 2.32. The van der Waals surface area contributed by atoms with Gasteiger partial charge in [-0.05, 0) is 45.3 Å². The van der Waals surface area contributed by atoms with Gasteiger partial charge in [-0.2, -0.15) is 0 Å². The molecule has 0 bridgehead atoms. The van der Waals surface area contributed by atoms with Crippen molar-refractivity contribution in [3.8, 4) is 0 Å². The molecular formula is C14H10BrClN2O2. The van der Waals surface area contributed by atoms with Gasteiger partial charge in [0.05, 0.1) is 16.6 Å². The first-order valence-corrected chi connectivity index (χ1v) is 7.05. The fraction of sp³-hybridized carbons (Fsp3) is 0.0714. The van der Waals surface area contributed by atoms with Crippen molar-refractivity contribution in [1.29, 1.82) is 0 Å². The van der Waals surface area contributed by atoms with E-state index in [2.05, 4.69) is 20.9 Å². The van der Waals surface area contributed by atoms with Crippen LogP contribution in [0, 0.1) is 0 Å². The third-order valence-corrected chi connectivity index (χ3v) is 4.43. The number of H-pyrrole nitrogens is 1. The number of hydrogen-bond acceptors (Lipinski definition) is 3. The van der Waals surface area contributed by atoms with E-state index >= 15 is 0 Å². The SMILES string of the molecule is NC(c1ccc2[nH]c(=O)oc2c1)c1cccc(Br)c1Cl. The zero-order valence-corrected chi connectivity index (χ0v) is 12.5. The Hall–Kier alpha value is -1.56. The van der Waals surface area contributed by atoms with Crippen molar-refractivity contribution in [3.05, 3.63) is 67.6 Å². The lowest BCUT2D eigenvalue weighted by atomic mass is 9.99. The molecule has 2 aromatic carbocycles. The van der Waals surface area contributed by atoms with Gasteiger partial charge in [-0.15, -0.1) is 0 Å². The van der Waals surface area contributed by atoms with Gasteiger partial charge in [0.1, 0.15) is 0 Å². The second kappa shape index (κ2) is 5.09. The normalized spacial score (nSPS) is 12.8. The Morgan fingerprint density at radius 2 is 2.10 bits per heavy atom. The number of benzene rings is 2. The first-order valence-electron chi connectivity index (χ1n) is 5.88. The third-order valence-electron chi connectivity index (χ3n) is 3.12. The van der Waals surface area contributed by atoms with Crippen LogP contribution in [0.3, 0.4) is 0 Å². The summed E-state index contributed by atoms with van der Waals surface area (Å²) in [4.78, 5) is 13.7. The Kier molecular flexibility index (Phi) is 3.41. The fourth-order valence-electron chi connectivity index (χ4n) is 2.10. The van der Waals surface area contributed by atoms with E-state index in [4.69, 9.17) is 21.8 Å². The summed E-state index contributed by atoms with van der Waals surface area (Å²) >= 11 is 9.63. The Bertz CT molecular complexity index is 841. The molecule has 0 aliphatic heterocycles. The molecule has 20 heavy (non-hydrogen) atoms. The van der Waals surface area contributed by atoms with Gasteiger partial charge in [-0.1, -0.05) is 29.8 Å². The molecule has 6 heteroatoms. The lowest BCUT2D eigenvalue weighted by Crippen LogP contribution is -2.12. The van der Waals surface area contributed by atoms with Crippen molar-refractivity contribution < 1.29 is 4.42 Å². The van der Waals surface area contributed by atoms with E-state index in [9.17, 15) is 4.79 Å². The molecule has 3 aromatic rings. The molecular weight excluding hydrogens is 344 g/mol. The molecule has 4 nitrogen and oxygen atoms in total. The lowest BCUT2D eigenvalue weighted by molar-refractivity contribution is 0.555. The molecule has 0 saturated heterocycles. The van der Waals surface area contributed by atoms with Gasteiger partial charge in [-0.25, -0.2) is 4.79 Å². The van der Waals surface area contributed by atoms with E-state index in [1.807, 2.05) is 24.3 Å². The van der Waals surface area contributed by atoms with Crippen LogP contribution in [0.25, 0.3) is 11.1 Å². The molecule has 1 heterocycles. The van der Waals surface area contributed by atoms with Crippen LogP contribution in [0.5, 0.6) is 0 Å². The quantitative estimate of drug-likeness (QED) is 0.739. The molecule has 0 radical (unpaired) electrons. The molecule has 1 atom stereocenters. The van der Waals surface area contributed by atoms with Crippen LogP contribution < -0.4 is 11.5 Å².